The van der Waals surface area contributed by atoms with Crippen molar-refractivity contribution in [1.29, 1.82) is 0 Å². The van der Waals surface area contributed by atoms with E-state index >= 15 is 0 Å². The Morgan fingerprint density at radius 1 is 1.06 bits per heavy atom. The van der Waals surface area contributed by atoms with Crippen molar-refractivity contribution in [2.75, 3.05) is 24.8 Å². The van der Waals surface area contributed by atoms with Gasteiger partial charge in [0.2, 0.25) is 5.91 Å². The lowest BCUT2D eigenvalue weighted by Crippen LogP contribution is -2.37. The lowest BCUT2D eigenvalue weighted by Gasteiger charge is -2.21. The number of carbonyl (C=O) groups is 1. The molecule has 0 N–H and O–H groups in total. The first-order chi connectivity index (χ1) is 7.30. The zero-order valence-corrected chi connectivity index (χ0v) is 12.0. The summed E-state index contributed by atoms with van der Waals surface area (Å²) in [5, 5.41) is 0. The van der Waals surface area contributed by atoms with Gasteiger partial charge in [0, 0.05) is 30.8 Å². The van der Waals surface area contributed by atoms with E-state index in [0.717, 1.165) is 0 Å². The summed E-state index contributed by atoms with van der Waals surface area (Å²) in [6.45, 7) is 9.78. The quantitative estimate of drug-likeness (QED) is 0.700. The number of alkyl halides is 2. The summed E-state index contributed by atoms with van der Waals surface area (Å²) < 4.78 is 0. The average Bonchev–Trinajstić information content (AvgIpc) is 2.56. The van der Waals surface area contributed by atoms with Crippen LogP contribution in [0.25, 0.3) is 0 Å². The molecule has 1 amide bonds. The Kier molecular flexibility index (Phi) is 4.18. The van der Waals surface area contributed by atoms with Crippen molar-refractivity contribution in [2.24, 2.45) is 16.7 Å². The highest BCUT2D eigenvalue weighted by atomic mass is 35.5. The van der Waals surface area contributed by atoms with Gasteiger partial charge in [-0.2, -0.15) is 0 Å². The fraction of sp³-hybridized carbons (Fsp3) is 0.917. The van der Waals surface area contributed by atoms with Crippen molar-refractivity contribution in [3.05, 3.63) is 0 Å². The summed E-state index contributed by atoms with van der Waals surface area (Å²) in [6.07, 6.45) is 0. The van der Waals surface area contributed by atoms with Gasteiger partial charge in [0.1, 0.15) is 0 Å². The third kappa shape index (κ3) is 2.19. The van der Waals surface area contributed by atoms with Gasteiger partial charge >= 0.3 is 0 Å². The molecule has 16 heavy (non-hydrogen) atoms. The molecule has 0 radical (unpaired) electrons. The zero-order valence-electron chi connectivity index (χ0n) is 10.5. The third-order valence-corrected chi connectivity index (χ3v) is 4.63. The van der Waals surface area contributed by atoms with Crippen LogP contribution in [0.15, 0.2) is 0 Å². The van der Waals surface area contributed by atoms with Gasteiger partial charge in [-0.1, -0.05) is 27.7 Å². The van der Waals surface area contributed by atoms with E-state index in [1.807, 2.05) is 0 Å². The van der Waals surface area contributed by atoms with E-state index in [1.54, 1.807) is 4.90 Å². The monoisotopic (exact) mass is 265 g/mol. The molecule has 1 fully saturated rings. The lowest BCUT2D eigenvalue weighted by molar-refractivity contribution is -0.133. The van der Waals surface area contributed by atoms with E-state index in [0.29, 0.717) is 24.8 Å². The lowest BCUT2D eigenvalue weighted by atomic mass is 10.0. The SMILES string of the molecule is CC1(C)C(C(=O)N(CCCl)CCCl)C1(C)C. The smallest absolute Gasteiger partial charge is 0.226 e. The van der Waals surface area contributed by atoms with Crippen LogP contribution >= 0.6 is 23.2 Å². The highest BCUT2D eigenvalue weighted by Gasteiger charge is 2.68. The normalized spacial score (nSPS) is 21.9. The number of carbonyl (C=O) groups excluding carboxylic acids is 1. The molecule has 0 atom stereocenters. The van der Waals surface area contributed by atoms with Gasteiger partial charge in [-0.05, 0) is 10.8 Å². The molecular formula is C12H21Cl2NO. The van der Waals surface area contributed by atoms with Crippen LogP contribution in [-0.2, 0) is 4.79 Å². The van der Waals surface area contributed by atoms with E-state index in [1.165, 1.54) is 0 Å². The number of rotatable bonds is 5. The molecule has 0 heterocycles. The van der Waals surface area contributed by atoms with Crippen molar-refractivity contribution in [2.45, 2.75) is 27.7 Å². The molecule has 1 saturated carbocycles. The van der Waals surface area contributed by atoms with E-state index in [2.05, 4.69) is 27.7 Å². The minimum Gasteiger partial charge on any atom is -0.340 e. The van der Waals surface area contributed by atoms with E-state index in [4.69, 9.17) is 23.2 Å². The fourth-order valence-corrected chi connectivity index (χ4v) is 2.94. The van der Waals surface area contributed by atoms with Gasteiger partial charge in [0.05, 0.1) is 0 Å². The Labute approximate surface area is 108 Å². The molecule has 0 saturated heterocycles. The molecule has 1 aliphatic rings. The summed E-state index contributed by atoms with van der Waals surface area (Å²) >= 11 is 11.4. The molecule has 0 aromatic carbocycles. The molecule has 0 unspecified atom stereocenters. The van der Waals surface area contributed by atoms with Crippen LogP contribution in [0, 0.1) is 16.7 Å². The summed E-state index contributed by atoms with van der Waals surface area (Å²) in [7, 11) is 0. The van der Waals surface area contributed by atoms with Crippen LogP contribution in [0.4, 0.5) is 0 Å². The zero-order chi connectivity index (χ0) is 12.6. The van der Waals surface area contributed by atoms with Crippen molar-refractivity contribution in [3.63, 3.8) is 0 Å². The molecule has 0 aromatic heterocycles. The molecule has 2 nitrogen and oxygen atoms in total. The second-order valence-electron chi connectivity index (χ2n) is 5.58. The highest BCUT2D eigenvalue weighted by molar-refractivity contribution is 6.18. The Morgan fingerprint density at radius 2 is 1.44 bits per heavy atom. The Balaban J connectivity index is 2.70. The minimum absolute atomic E-state index is 0.0843. The van der Waals surface area contributed by atoms with Crippen molar-refractivity contribution >= 4 is 29.1 Å². The van der Waals surface area contributed by atoms with Gasteiger partial charge in [-0.15, -0.1) is 23.2 Å². The predicted octanol–water partition coefficient (Wildman–Crippen LogP) is 2.97. The Morgan fingerprint density at radius 3 is 1.69 bits per heavy atom. The van der Waals surface area contributed by atoms with E-state index < -0.39 is 0 Å². The summed E-state index contributed by atoms with van der Waals surface area (Å²) in [5.41, 5.74) is 0.169. The van der Waals surface area contributed by atoms with E-state index in [-0.39, 0.29) is 22.7 Å². The number of halogens is 2. The summed E-state index contributed by atoms with van der Waals surface area (Å²) in [5.74, 6) is 1.25. The topological polar surface area (TPSA) is 20.3 Å². The molecule has 0 bridgehead atoms. The van der Waals surface area contributed by atoms with E-state index in [9.17, 15) is 4.79 Å². The first kappa shape index (κ1) is 14.1. The molecule has 0 aromatic rings. The van der Waals surface area contributed by atoms with Crippen LogP contribution in [0.5, 0.6) is 0 Å². The second kappa shape index (κ2) is 4.73. The highest BCUT2D eigenvalue weighted by Crippen LogP contribution is 2.68. The fourth-order valence-electron chi connectivity index (χ4n) is 2.53. The Hall–Kier alpha value is 0.0500. The first-order valence-corrected chi connectivity index (χ1v) is 6.78. The number of nitrogens with zero attached hydrogens (tertiary/aromatic N) is 1. The Bertz CT molecular complexity index is 256. The van der Waals surface area contributed by atoms with Crippen molar-refractivity contribution in [3.8, 4) is 0 Å². The van der Waals surface area contributed by atoms with Crippen LogP contribution in [0.3, 0.4) is 0 Å². The van der Waals surface area contributed by atoms with Crippen LogP contribution in [0.1, 0.15) is 27.7 Å². The average molecular weight is 266 g/mol. The maximum absolute atomic E-state index is 12.3. The maximum Gasteiger partial charge on any atom is 0.226 e. The third-order valence-electron chi connectivity index (χ3n) is 4.29. The summed E-state index contributed by atoms with van der Waals surface area (Å²) in [4.78, 5) is 14.1. The maximum atomic E-state index is 12.3. The second-order valence-corrected chi connectivity index (χ2v) is 6.34. The van der Waals surface area contributed by atoms with Gasteiger partial charge in [-0.3, -0.25) is 4.79 Å². The van der Waals surface area contributed by atoms with Crippen molar-refractivity contribution in [1.82, 2.24) is 4.90 Å². The standard InChI is InChI=1S/C12H21Cl2NO/c1-11(2)9(12(11,3)4)10(16)15(7-5-13)8-6-14/h9H,5-8H2,1-4H3. The number of hydrogen-bond acceptors (Lipinski definition) is 1. The summed E-state index contributed by atoms with van der Waals surface area (Å²) in [6, 6.07) is 0. The minimum atomic E-state index is 0.0843. The van der Waals surface area contributed by atoms with Gasteiger partial charge in [-0.25, -0.2) is 0 Å². The molecule has 1 aliphatic carbocycles. The largest absolute Gasteiger partial charge is 0.340 e. The van der Waals surface area contributed by atoms with Gasteiger partial charge in [0.25, 0.3) is 0 Å². The van der Waals surface area contributed by atoms with Crippen molar-refractivity contribution < 1.29 is 4.79 Å². The molecule has 94 valence electrons. The number of amides is 1. The number of hydrogen-bond donors (Lipinski definition) is 0. The van der Waals surface area contributed by atoms with Crippen LogP contribution < -0.4 is 0 Å². The predicted molar refractivity (Wildman–Crippen MR) is 69.1 cm³/mol. The molecule has 0 spiro atoms. The molecule has 0 aliphatic heterocycles. The molecule has 4 heteroatoms. The van der Waals surface area contributed by atoms with Gasteiger partial charge in [0.15, 0.2) is 0 Å². The molecule has 1 rings (SSSR count). The molecular weight excluding hydrogens is 245 g/mol. The van der Waals surface area contributed by atoms with Crippen LogP contribution in [0.2, 0.25) is 0 Å². The van der Waals surface area contributed by atoms with Crippen LogP contribution in [-0.4, -0.2) is 35.7 Å². The first-order valence-electron chi connectivity index (χ1n) is 5.71. The van der Waals surface area contributed by atoms with Gasteiger partial charge < -0.3 is 4.90 Å².